The third-order valence-electron chi connectivity index (χ3n) is 7.10. The molecule has 0 unspecified atom stereocenters. The third kappa shape index (κ3) is 5.47. The highest BCUT2D eigenvalue weighted by Gasteiger charge is 2.26. The summed E-state index contributed by atoms with van der Waals surface area (Å²) in [5.74, 6) is 0.338. The van der Waals surface area contributed by atoms with E-state index in [0.717, 1.165) is 71.7 Å². The van der Waals surface area contributed by atoms with E-state index < -0.39 is 5.91 Å². The van der Waals surface area contributed by atoms with E-state index in [2.05, 4.69) is 4.90 Å². The highest BCUT2D eigenvalue weighted by atomic mass is 16.5. The molecule has 1 heterocycles. The Kier molecular flexibility index (Phi) is 7.64. The fourth-order valence-electron chi connectivity index (χ4n) is 4.46. The maximum Gasteiger partial charge on any atom is 0.260 e. The van der Waals surface area contributed by atoms with Crippen molar-refractivity contribution in [2.75, 3.05) is 32.5 Å². The molecule has 0 bridgehead atoms. The topological polar surface area (TPSA) is 102 Å². The van der Waals surface area contributed by atoms with Crippen LogP contribution in [0.25, 0.3) is 0 Å². The van der Waals surface area contributed by atoms with E-state index in [0.29, 0.717) is 5.56 Å². The molecule has 3 rings (SSSR count). The normalized spacial score (nSPS) is 14.8. The lowest BCUT2D eigenvalue weighted by Crippen LogP contribution is -2.46. The first-order chi connectivity index (χ1) is 15.6. The fourth-order valence-corrected chi connectivity index (χ4v) is 4.46. The highest BCUT2D eigenvalue weighted by Crippen LogP contribution is 2.34. The summed E-state index contributed by atoms with van der Waals surface area (Å²) in [5, 5.41) is 0. The van der Waals surface area contributed by atoms with E-state index >= 15 is 0 Å². The summed E-state index contributed by atoms with van der Waals surface area (Å²) in [6, 6.07) is 7.63. The number of carbonyl (C=O) groups is 2. The number of nitrogens with two attached hydrogens (primary N) is 2. The van der Waals surface area contributed by atoms with Gasteiger partial charge in [-0.3, -0.25) is 14.5 Å². The molecule has 7 nitrogen and oxygen atoms in total. The molecule has 1 saturated heterocycles. The molecule has 2 aromatic carbocycles. The van der Waals surface area contributed by atoms with Crippen LogP contribution in [-0.2, 0) is 11.3 Å². The molecule has 7 heteroatoms. The Morgan fingerprint density at radius 3 is 2.06 bits per heavy atom. The van der Waals surface area contributed by atoms with Crippen molar-refractivity contribution in [1.29, 1.82) is 0 Å². The van der Waals surface area contributed by atoms with Gasteiger partial charge in [0, 0.05) is 44.0 Å². The fraction of sp³-hybridized carbons (Fsp3) is 0.462. The van der Waals surface area contributed by atoms with Gasteiger partial charge in [0.1, 0.15) is 5.75 Å². The van der Waals surface area contributed by atoms with Crippen LogP contribution in [-0.4, -0.2) is 54.4 Å². The molecule has 0 radical (unpaired) electrons. The first kappa shape index (κ1) is 24.6. The van der Waals surface area contributed by atoms with Gasteiger partial charge in [-0.25, -0.2) is 0 Å². The number of carbonyl (C=O) groups excluding carboxylic acids is 2. The number of likely N-dealkylation sites (tertiary alicyclic amines) is 1. The van der Waals surface area contributed by atoms with Crippen molar-refractivity contribution < 1.29 is 14.3 Å². The second kappa shape index (κ2) is 10.3. The number of nitrogens with zero attached hydrogens (tertiary/aromatic N) is 2. The second-order valence-electron chi connectivity index (χ2n) is 9.10. The first-order valence-corrected chi connectivity index (χ1v) is 11.5. The van der Waals surface area contributed by atoms with Gasteiger partial charge in [0.15, 0.2) is 6.61 Å². The lowest BCUT2D eigenvalue weighted by Gasteiger charge is -2.36. The molecule has 0 aliphatic carbocycles. The van der Waals surface area contributed by atoms with Crippen molar-refractivity contribution in [3.8, 4) is 5.75 Å². The van der Waals surface area contributed by atoms with Crippen LogP contribution in [0.4, 0.5) is 5.69 Å². The smallest absolute Gasteiger partial charge is 0.260 e. The Labute approximate surface area is 196 Å². The number of hydrogen-bond acceptors (Lipinski definition) is 5. The number of ether oxygens (including phenoxy) is 1. The number of primary amides is 1. The lowest BCUT2D eigenvalue weighted by atomic mass is 9.97. The van der Waals surface area contributed by atoms with Crippen LogP contribution in [0.3, 0.4) is 0 Å². The van der Waals surface area contributed by atoms with Crippen LogP contribution in [0, 0.1) is 27.7 Å². The molecule has 0 aromatic heterocycles. The Morgan fingerprint density at radius 1 is 1.00 bits per heavy atom. The molecule has 1 aliphatic heterocycles. The SMILES string of the molecule is Cc1c(C)c(OCC(=O)N(C)C2CCN(Cc3ccc(C(N)=O)cc3)CC2)c(C)c(C)c1N. The number of amides is 2. The molecular formula is C26H36N4O3. The van der Waals surface area contributed by atoms with E-state index in [1.165, 1.54) is 0 Å². The summed E-state index contributed by atoms with van der Waals surface area (Å²) < 4.78 is 5.99. The van der Waals surface area contributed by atoms with E-state index in [4.69, 9.17) is 16.2 Å². The average Bonchev–Trinajstić information content (AvgIpc) is 2.81. The zero-order valence-corrected chi connectivity index (χ0v) is 20.4. The minimum atomic E-state index is -0.411. The van der Waals surface area contributed by atoms with Gasteiger partial charge in [0.2, 0.25) is 5.91 Å². The van der Waals surface area contributed by atoms with Gasteiger partial charge in [-0.05, 0) is 80.5 Å². The van der Waals surface area contributed by atoms with Gasteiger partial charge < -0.3 is 21.1 Å². The van der Waals surface area contributed by atoms with Crippen LogP contribution < -0.4 is 16.2 Å². The largest absolute Gasteiger partial charge is 0.483 e. The minimum Gasteiger partial charge on any atom is -0.483 e. The highest BCUT2D eigenvalue weighted by molar-refractivity contribution is 5.92. The summed E-state index contributed by atoms with van der Waals surface area (Å²) in [5.41, 5.74) is 17.9. The molecule has 0 spiro atoms. The summed E-state index contributed by atoms with van der Waals surface area (Å²) >= 11 is 0. The minimum absolute atomic E-state index is 0.0126. The van der Waals surface area contributed by atoms with Crippen molar-refractivity contribution in [1.82, 2.24) is 9.80 Å². The quantitative estimate of drug-likeness (QED) is 0.629. The molecule has 1 fully saturated rings. The summed E-state index contributed by atoms with van der Waals surface area (Å²) in [6.07, 6.45) is 1.83. The molecule has 1 aliphatic rings. The second-order valence-corrected chi connectivity index (χ2v) is 9.10. The van der Waals surface area contributed by atoms with Crippen molar-refractivity contribution in [3.63, 3.8) is 0 Å². The Balaban J connectivity index is 1.52. The average molecular weight is 453 g/mol. The van der Waals surface area contributed by atoms with Gasteiger partial charge in [-0.1, -0.05) is 12.1 Å². The summed E-state index contributed by atoms with van der Waals surface area (Å²) in [7, 11) is 1.87. The van der Waals surface area contributed by atoms with Crippen LogP contribution >= 0.6 is 0 Å². The predicted molar refractivity (Wildman–Crippen MR) is 131 cm³/mol. The summed E-state index contributed by atoms with van der Waals surface area (Å²) in [4.78, 5) is 28.3. The zero-order chi connectivity index (χ0) is 24.3. The molecule has 2 aromatic rings. The van der Waals surface area contributed by atoms with E-state index in [-0.39, 0.29) is 18.6 Å². The van der Waals surface area contributed by atoms with Gasteiger partial charge in [0.25, 0.3) is 5.91 Å². The van der Waals surface area contributed by atoms with E-state index in [1.807, 2.05) is 51.8 Å². The zero-order valence-electron chi connectivity index (χ0n) is 20.4. The van der Waals surface area contributed by atoms with Crippen LogP contribution in [0.2, 0.25) is 0 Å². The number of anilines is 1. The standard InChI is InChI=1S/C26H36N4O3/c1-16-18(3)25(19(4)17(2)24(16)27)33-15-23(31)29(5)22-10-12-30(13-11-22)14-20-6-8-21(9-7-20)26(28)32/h6-9,22H,10-15,27H2,1-5H3,(H2,28,32). The Bertz CT molecular complexity index is 996. The maximum absolute atomic E-state index is 12.9. The Hall–Kier alpha value is -3.06. The molecule has 0 saturated carbocycles. The first-order valence-electron chi connectivity index (χ1n) is 11.5. The van der Waals surface area contributed by atoms with Crippen LogP contribution in [0.15, 0.2) is 24.3 Å². The van der Waals surface area contributed by atoms with Gasteiger partial charge in [-0.2, -0.15) is 0 Å². The molecule has 2 amide bonds. The van der Waals surface area contributed by atoms with Gasteiger partial charge in [-0.15, -0.1) is 0 Å². The van der Waals surface area contributed by atoms with Crippen LogP contribution in [0.1, 0.15) is 51.0 Å². The number of nitrogen functional groups attached to an aromatic ring is 1. The van der Waals surface area contributed by atoms with Gasteiger partial charge in [0.05, 0.1) is 0 Å². The van der Waals surface area contributed by atoms with E-state index in [9.17, 15) is 9.59 Å². The van der Waals surface area contributed by atoms with E-state index in [1.54, 1.807) is 12.1 Å². The number of benzene rings is 2. The number of rotatable bonds is 7. The molecule has 33 heavy (non-hydrogen) atoms. The van der Waals surface area contributed by atoms with Crippen LogP contribution in [0.5, 0.6) is 5.75 Å². The molecule has 4 N–H and O–H groups in total. The maximum atomic E-state index is 12.9. The van der Waals surface area contributed by atoms with Crippen molar-refractivity contribution >= 4 is 17.5 Å². The summed E-state index contributed by atoms with van der Waals surface area (Å²) in [6.45, 7) is 10.6. The number of piperidine rings is 1. The predicted octanol–water partition coefficient (Wildman–Crippen LogP) is 3.10. The third-order valence-corrected chi connectivity index (χ3v) is 7.10. The monoisotopic (exact) mass is 452 g/mol. The van der Waals surface area contributed by atoms with Crippen molar-refractivity contribution in [2.45, 2.75) is 53.1 Å². The number of hydrogen-bond donors (Lipinski definition) is 2. The Morgan fingerprint density at radius 2 is 1.55 bits per heavy atom. The molecule has 0 atom stereocenters. The molecule has 178 valence electrons. The van der Waals surface area contributed by atoms with Crippen molar-refractivity contribution in [2.24, 2.45) is 5.73 Å². The molecular weight excluding hydrogens is 416 g/mol. The lowest BCUT2D eigenvalue weighted by molar-refractivity contribution is -0.135. The van der Waals surface area contributed by atoms with Crippen molar-refractivity contribution in [3.05, 3.63) is 57.6 Å². The number of likely N-dealkylation sites (N-methyl/N-ethyl adjacent to an activating group) is 1. The van der Waals surface area contributed by atoms with Gasteiger partial charge >= 0.3 is 0 Å².